The number of nitrogens with one attached hydrogen (secondary N) is 1. The van der Waals surface area contributed by atoms with E-state index in [1.165, 1.54) is 18.3 Å². The predicted molar refractivity (Wildman–Crippen MR) is 78.5 cm³/mol. The molecule has 2 rings (SSSR count). The fraction of sp³-hybridized carbons (Fsp3) is 0.0714. The van der Waals surface area contributed by atoms with E-state index in [4.69, 9.17) is 22.4 Å². The molecule has 1 aromatic carbocycles. The number of rotatable bonds is 5. The highest BCUT2D eigenvalue weighted by Crippen LogP contribution is 2.23. The molecular formula is C14H12ClN3O3. The highest BCUT2D eigenvalue weighted by Gasteiger charge is 2.06. The van der Waals surface area contributed by atoms with Crippen molar-refractivity contribution in [1.29, 1.82) is 0 Å². The lowest BCUT2D eigenvalue weighted by atomic mass is 10.2. The van der Waals surface area contributed by atoms with Crippen LogP contribution >= 0.6 is 11.6 Å². The van der Waals surface area contributed by atoms with Crippen molar-refractivity contribution in [2.24, 2.45) is 5.73 Å². The van der Waals surface area contributed by atoms with E-state index in [2.05, 4.69) is 10.3 Å². The van der Waals surface area contributed by atoms with Crippen molar-refractivity contribution < 1.29 is 14.7 Å². The summed E-state index contributed by atoms with van der Waals surface area (Å²) in [6.45, 7) is 0.419. The Hall–Kier alpha value is -2.60. The van der Waals surface area contributed by atoms with Crippen molar-refractivity contribution >= 4 is 29.2 Å². The van der Waals surface area contributed by atoms with Crippen LogP contribution in [0.5, 0.6) is 0 Å². The molecule has 0 aliphatic carbocycles. The van der Waals surface area contributed by atoms with Crippen LogP contribution < -0.4 is 11.1 Å². The number of carboxylic acids is 1. The third-order valence-corrected chi connectivity index (χ3v) is 3.09. The number of carbonyl (C=O) groups is 2. The van der Waals surface area contributed by atoms with Crippen molar-refractivity contribution in [2.75, 3.05) is 5.32 Å². The smallest absolute Gasteiger partial charge is 0.354 e. The molecular weight excluding hydrogens is 294 g/mol. The molecule has 0 radical (unpaired) electrons. The zero-order chi connectivity index (χ0) is 15.4. The fourth-order valence-electron chi connectivity index (χ4n) is 1.66. The first kappa shape index (κ1) is 14.8. The molecule has 1 heterocycles. The van der Waals surface area contributed by atoms with Gasteiger partial charge in [0.05, 0.1) is 10.7 Å². The SMILES string of the molecule is NC(=O)c1ccc(NCc2ccc(C(=O)O)nc2)c(Cl)c1. The summed E-state index contributed by atoms with van der Waals surface area (Å²) in [6.07, 6.45) is 1.47. The van der Waals surface area contributed by atoms with Crippen LogP contribution in [0.25, 0.3) is 0 Å². The molecule has 0 aliphatic heterocycles. The molecule has 108 valence electrons. The van der Waals surface area contributed by atoms with E-state index in [1.807, 2.05) is 0 Å². The molecule has 0 fully saturated rings. The number of nitrogens with two attached hydrogens (primary N) is 1. The first-order valence-corrected chi connectivity index (χ1v) is 6.36. The van der Waals surface area contributed by atoms with Gasteiger partial charge in [-0.05, 0) is 29.8 Å². The summed E-state index contributed by atoms with van der Waals surface area (Å²) in [4.78, 5) is 25.5. The van der Waals surface area contributed by atoms with Crippen LogP contribution in [0.15, 0.2) is 36.5 Å². The van der Waals surface area contributed by atoms with Crippen molar-refractivity contribution in [1.82, 2.24) is 4.98 Å². The summed E-state index contributed by atoms with van der Waals surface area (Å²) in [5.41, 5.74) is 6.93. The molecule has 0 atom stereocenters. The number of carbonyl (C=O) groups excluding carboxylic acids is 1. The topological polar surface area (TPSA) is 105 Å². The lowest BCUT2D eigenvalue weighted by molar-refractivity contribution is 0.0690. The molecule has 0 saturated heterocycles. The van der Waals surface area contributed by atoms with Gasteiger partial charge in [-0.3, -0.25) is 4.79 Å². The number of amides is 1. The second kappa shape index (κ2) is 6.23. The Morgan fingerprint density at radius 1 is 1.29 bits per heavy atom. The van der Waals surface area contributed by atoms with E-state index < -0.39 is 11.9 Å². The number of aromatic nitrogens is 1. The third-order valence-electron chi connectivity index (χ3n) is 2.78. The van der Waals surface area contributed by atoms with Crippen LogP contribution in [0.2, 0.25) is 5.02 Å². The van der Waals surface area contributed by atoms with Gasteiger partial charge in [-0.1, -0.05) is 17.7 Å². The van der Waals surface area contributed by atoms with Gasteiger partial charge in [0.2, 0.25) is 5.91 Å². The van der Waals surface area contributed by atoms with Crippen LogP contribution in [0.1, 0.15) is 26.4 Å². The van der Waals surface area contributed by atoms with Gasteiger partial charge in [0, 0.05) is 18.3 Å². The Kier molecular flexibility index (Phi) is 4.39. The van der Waals surface area contributed by atoms with E-state index >= 15 is 0 Å². The predicted octanol–water partition coefficient (Wildman–Crippen LogP) is 2.14. The number of benzene rings is 1. The number of aromatic carboxylic acids is 1. The molecule has 2 aromatic rings. The van der Waals surface area contributed by atoms with Gasteiger partial charge in [0.25, 0.3) is 0 Å². The average molecular weight is 306 g/mol. The van der Waals surface area contributed by atoms with Crippen molar-refractivity contribution in [3.63, 3.8) is 0 Å². The molecule has 0 aliphatic rings. The van der Waals surface area contributed by atoms with Crippen molar-refractivity contribution in [3.8, 4) is 0 Å². The number of carboxylic acid groups (broad SMARTS) is 1. The Bertz CT molecular complexity index is 686. The van der Waals surface area contributed by atoms with Gasteiger partial charge >= 0.3 is 5.97 Å². The molecule has 6 nitrogen and oxygen atoms in total. The fourth-order valence-corrected chi connectivity index (χ4v) is 1.91. The Morgan fingerprint density at radius 3 is 2.57 bits per heavy atom. The second-order valence-corrected chi connectivity index (χ2v) is 4.68. The van der Waals surface area contributed by atoms with E-state index in [0.717, 1.165) is 5.56 Å². The van der Waals surface area contributed by atoms with E-state index in [9.17, 15) is 9.59 Å². The lowest BCUT2D eigenvalue weighted by Gasteiger charge is -2.09. The number of pyridine rings is 1. The third kappa shape index (κ3) is 3.70. The van der Waals surface area contributed by atoms with E-state index in [-0.39, 0.29) is 5.69 Å². The van der Waals surface area contributed by atoms with Crippen molar-refractivity contribution in [3.05, 3.63) is 58.4 Å². The highest BCUT2D eigenvalue weighted by atomic mass is 35.5. The maximum Gasteiger partial charge on any atom is 0.354 e. The molecule has 1 aromatic heterocycles. The molecule has 21 heavy (non-hydrogen) atoms. The normalized spacial score (nSPS) is 10.1. The highest BCUT2D eigenvalue weighted by molar-refractivity contribution is 6.33. The van der Waals surface area contributed by atoms with Crippen LogP contribution in [0.4, 0.5) is 5.69 Å². The minimum Gasteiger partial charge on any atom is -0.477 e. The Balaban J connectivity index is 2.06. The monoisotopic (exact) mass is 305 g/mol. The molecule has 7 heteroatoms. The van der Waals surface area contributed by atoms with Crippen LogP contribution in [-0.4, -0.2) is 22.0 Å². The maximum absolute atomic E-state index is 11.0. The number of hydrogen-bond donors (Lipinski definition) is 3. The quantitative estimate of drug-likeness (QED) is 0.785. The summed E-state index contributed by atoms with van der Waals surface area (Å²) in [7, 11) is 0. The second-order valence-electron chi connectivity index (χ2n) is 4.27. The minimum atomic E-state index is -1.07. The molecule has 0 spiro atoms. The number of primary amides is 1. The van der Waals surface area contributed by atoms with Gasteiger partial charge in [-0.25, -0.2) is 9.78 Å². The molecule has 0 unspecified atom stereocenters. The van der Waals surface area contributed by atoms with Gasteiger partial charge in [0.15, 0.2) is 0 Å². The molecule has 0 saturated carbocycles. The summed E-state index contributed by atoms with van der Waals surface area (Å²) in [6, 6.07) is 7.80. The lowest BCUT2D eigenvalue weighted by Crippen LogP contribution is -2.11. The molecule has 4 N–H and O–H groups in total. The average Bonchev–Trinajstić information content (AvgIpc) is 2.46. The standard InChI is InChI=1S/C14H12ClN3O3/c15-10-5-9(13(16)19)2-4-11(10)17-6-8-1-3-12(14(20)21)18-7-8/h1-5,7,17H,6H2,(H2,16,19)(H,20,21). The number of nitrogens with zero attached hydrogens (tertiary/aromatic N) is 1. The van der Waals surface area contributed by atoms with E-state index in [1.54, 1.807) is 18.2 Å². The molecule has 1 amide bonds. The zero-order valence-corrected chi connectivity index (χ0v) is 11.6. The van der Waals surface area contributed by atoms with Crippen LogP contribution in [0, 0.1) is 0 Å². The van der Waals surface area contributed by atoms with Crippen molar-refractivity contribution in [2.45, 2.75) is 6.54 Å². The van der Waals surface area contributed by atoms with Gasteiger partial charge < -0.3 is 16.2 Å². The summed E-state index contributed by atoms with van der Waals surface area (Å²) in [5, 5.41) is 12.2. The maximum atomic E-state index is 11.0. The molecule has 0 bridgehead atoms. The van der Waals surface area contributed by atoms with Gasteiger partial charge in [-0.15, -0.1) is 0 Å². The van der Waals surface area contributed by atoms with Gasteiger partial charge in [-0.2, -0.15) is 0 Å². The van der Waals surface area contributed by atoms with Crippen LogP contribution in [-0.2, 0) is 6.54 Å². The van der Waals surface area contributed by atoms with Gasteiger partial charge in [0.1, 0.15) is 5.69 Å². The summed E-state index contributed by atoms with van der Waals surface area (Å²) in [5.74, 6) is -1.61. The zero-order valence-electron chi connectivity index (χ0n) is 10.8. The Morgan fingerprint density at radius 2 is 2.05 bits per heavy atom. The first-order valence-electron chi connectivity index (χ1n) is 5.99. The Labute approximate surface area is 125 Å². The van der Waals surface area contributed by atoms with E-state index in [0.29, 0.717) is 22.8 Å². The minimum absolute atomic E-state index is 0.0115. The van der Waals surface area contributed by atoms with Crippen LogP contribution in [0.3, 0.4) is 0 Å². The largest absolute Gasteiger partial charge is 0.477 e. The number of anilines is 1. The summed E-state index contributed by atoms with van der Waals surface area (Å²) >= 11 is 6.04. The first-order chi connectivity index (χ1) is 9.97. The summed E-state index contributed by atoms with van der Waals surface area (Å²) < 4.78 is 0. The number of halogens is 1. The number of hydrogen-bond acceptors (Lipinski definition) is 4.